The van der Waals surface area contributed by atoms with Gasteiger partial charge in [0.15, 0.2) is 0 Å². The molecular formula is C14H20BrNO2S. The van der Waals surface area contributed by atoms with Crippen molar-refractivity contribution in [3.63, 3.8) is 0 Å². The number of nitrogens with one attached hydrogen (secondary N) is 1. The number of fused-ring (bicyclic) bond motifs is 1. The molecule has 106 valence electrons. The topological polar surface area (TPSA) is 38.3 Å². The predicted octanol–water partition coefficient (Wildman–Crippen LogP) is 2.63. The smallest absolute Gasteiger partial charge is 0.127 e. The maximum atomic E-state index is 11.3. The van der Waals surface area contributed by atoms with Crippen LogP contribution >= 0.6 is 15.9 Å². The molecule has 0 spiro atoms. The Morgan fingerprint density at radius 3 is 3.05 bits per heavy atom. The van der Waals surface area contributed by atoms with Crippen LogP contribution in [0.25, 0.3) is 0 Å². The molecule has 1 N–H and O–H groups in total. The van der Waals surface area contributed by atoms with E-state index in [1.54, 1.807) is 6.26 Å². The summed E-state index contributed by atoms with van der Waals surface area (Å²) < 4.78 is 18.1. The second kappa shape index (κ2) is 6.86. The lowest BCUT2D eigenvalue weighted by molar-refractivity contribution is 0.352. The second-order valence-electron chi connectivity index (χ2n) is 4.93. The Bertz CT molecular complexity index is 479. The monoisotopic (exact) mass is 345 g/mol. The summed E-state index contributed by atoms with van der Waals surface area (Å²) in [6.45, 7) is 4.48. The highest BCUT2D eigenvalue weighted by molar-refractivity contribution is 9.10. The van der Waals surface area contributed by atoms with E-state index in [1.165, 1.54) is 11.1 Å². The van der Waals surface area contributed by atoms with Gasteiger partial charge in [0.25, 0.3) is 0 Å². The van der Waals surface area contributed by atoms with Crippen LogP contribution < -0.4 is 10.1 Å². The van der Waals surface area contributed by atoms with Crippen molar-refractivity contribution < 1.29 is 8.95 Å². The van der Waals surface area contributed by atoms with E-state index >= 15 is 0 Å². The number of hydrogen-bond donors (Lipinski definition) is 1. The van der Waals surface area contributed by atoms with Crippen LogP contribution in [0.2, 0.25) is 0 Å². The molecule has 1 aromatic carbocycles. The fourth-order valence-corrected chi connectivity index (χ4v) is 3.17. The minimum Gasteiger partial charge on any atom is -0.493 e. The minimum absolute atomic E-state index is 0.247. The third-order valence-electron chi connectivity index (χ3n) is 3.44. The molecule has 1 heterocycles. The third-order valence-corrected chi connectivity index (χ3v) is 5.26. The zero-order valence-electron chi connectivity index (χ0n) is 11.4. The Hall–Kier alpha value is -0.390. The Morgan fingerprint density at radius 1 is 1.53 bits per heavy atom. The lowest BCUT2D eigenvalue weighted by Crippen LogP contribution is -2.21. The molecule has 5 heteroatoms. The van der Waals surface area contributed by atoms with Crippen LogP contribution in [-0.4, -0.2) is 28.9 Å². The Labute approximate surface area is 125 Å². The largest absolute Gasteiger partial charge is 0.493 e. The van der Waals surface area contributed by atoms with Gasteiger partial charge >= 0.3 is 0 Å². The van der Waals surface area contributed by atoms with Crippen molar-refractivity contribution in [2.45, 2.75) is 31.6 Å². The van der Waals surface area contributed by atoms with Crippen LogP contribution in [0.1, 0.15) is 24.5 Å². The summed E-state index contributed by atoms with van der Waals surface area (Å²) in [4.78, 5) is 0. The van der Waals surface area contributed by atoms with Crippen molar-refractivity contribution in [3.8, 4) is 5.75 Å². The van der Waals surface area contributed by atoms with Gasteiger partial charge in [0.1, 0.15) is 5.75 Å². The van der Waals surface area contributed by atoms with Crippen molar-refractivity contribution in [2.75, 3.05) is 19.4 Å². The van der Waals surface area contributed by atoms with Gasteiger partial charge in [-0.05, 0) is 30.7 Å². The van der Waals surface area contributed by atoms with E-state index in [0.717, 1.165) is 42.8 Å². The average Bonchev–Trinajstić information content (AvgIpc) is 2.81. The normalized spacial score (nSPS) is 16.8. The van der Waals surface area contributed by atoms with E-state index in [2.05, 4.69) is 33.4 Å². The highest BCUT2D eigenvalue weighted by Crippen LogP contribution is 2.32. The van der Waals surface area contributed by atoms with Gasteiger partial charge in [-0.15, -0.1) is 0 Å². The number of halogens is 1. The number of ether oxygens (including phenoxy) is 1. The van der Waals surface area contributed by atoms with E-state index < -0.39 is 10.8 Å². The summed E-state index contributed by atoms with van der Waals surface area (Å²) in [5.74, 6) is 1.04. The number of rotatable bonds is 6. The van der Waals surface area contributed by atoms with Crippen LogP contribution in [0, 0.1) is 0 Å². The first-order valence-corrected chi connectivity index (χ1v) is 8.96. The van der Waals surface area contributed by atoms with Crippen molar-refractivity contribution in [1.82, 2.24) is 5.32 Å². The van der Waals surface area contributed by atoms with E-state index in [0.29, 0.717) is 0 Å². The van der Waals surface area contributed by atoms with Crippen LogP contribution in [0.15, 0.2) is 16.6 Å². The van der Waals surface area contributed by atoms with Gasteiger partial charge in [-0.3, -0.25) is 4.21 Å². The zero-order chi connectivity index (χ0) is 13.8. The van der Waals surface area contributed by atoms with Gasteiger partial charge < -0.3 is 10.1 Å². The fraction of sp³-hybridized carbons (Fsp3) is 0.571. The molecule has 0 aliphatic carbocycles. The van der Waals surface area contributed by atoms with Gasteiger partial charge in [-0.2, -0.15) is 0 Å². The predicted molar refractivity (Wildman–Crippen MR) is 83.2 cm³/mol. The Balaban J connectivity index is 1.88. The fourth-order valence-electron chi connectivity index (χ4n) is 2.17. The van der Waals surface area contributed by atoms with Crippen molar-refractivity contribution in [2.24, 2.45) is 0 Å². The van der Waals surface area contributed by atoms with Crippen LogP contribution in [-0.2, 0) is 23.8 Å². The summed E-state index contributed by atoms with van der Waals surface area (Å²) in [5, 5.41) is 3.66. The average molecular weight is 346 g/mol. The van der Waals surface area contributed by atoms with Crippen molar-refractivity contribution in [1.29, 1.82) is 0 Å². The van der Waals surface area contributed by atoms with Gasteiger partial charge in [0, 0.05) is 45.3 Å². The quantitative estimate of drug-likeness (QED) is 0.805. The molecule has 0 aromatic heterocycles. The molecule has 2 atom stereocenters. The molecular weight excluding hydrogens is 326 g/mol. The molecule has 0 amide bonds. The van der Waals surface area contributed by atoms with E-state index in [4.69, 9.17) is 4.74 Å². The molecule has 0 saturated carbocycles. The van der Waals surface area contributed by atoms with E-state index in [-0.39, 0.29) is 5.25 Å². The van der Waals surface area contributed by atoms with E-state index in [1.807, 2.05) is 6.92 Å². The molecule has 3 nitrogen and oxygen atoms in total. The van der Waals surface area contributed by atoms with Gasteiger partial charge in [-0.1, -0.05) is 22.9 Å². The summed E-state index contributed by atoms with van der Waals surface area (Å²) in [7, 11) is -0.734. The molecule has 0 radical (unpaired) electrons. The summed E-state index contributed by atoms with van der Waals surface area (Å²) in [5.41, 5.74) is 2.49. The number of benzene rings is 1. The second-order valence-corrected chi connectivity index (χ2v) is 7.64. The molecule has 1 aromatic rings. The van der Waals surface area contributed by atoms with Crippen molar-refractivity contribution >= 4 is 26.7 Å². The molecule has 0 saturated heterocycles. The summed E-state index contributed by atoms with van der Waals surface area (Å²) >= 11 is 3.54. The van der Waals surface area contributed by atoms with Gasteiger partial charge in [-0.25, -0.2) is 0 Å². The molecule has 2 rings (SSSR count). The highest BCUT2D eigenvalue weighted by atomic mass is 79.9. The molecule has 19 heavy (non-hydrogen) atoms. The van der Waals surface area contributed by atoms with Gasteiger partial charge in [0.05, 0.1) is 6.61 Å². The molecule has 0 fully saturated rings. The minimum atomic E-state index is -0.734. The standard InChI is InChI=1S/C14H20BrNO2S/c1-10(19(2)17)3-5-16-9-12-8-13(15)7-11-4-6-18-14(11)12/h7-8,10,16H,3-6,9H2,1-2H3. The van der Waals surface area contributed by atoms with E-state index in [9.17, 15) is 4.21 Å². The van der Waals surface area contributed by atoms with Crippen LogP contribution in [0.3, 0.4) is 0 Å². The Kier molecular flexibility index (Phi) is 5.42. The SMILES string of the molecule is CC(CCNCc1cc(Br)cc2c1OCC2)S(C)=O. The summed E-state index contributed by atoms with van der Waals surface area (Å²) in [6.07, 6.45) is 3.69. The first kappa shape index (κ1) is 15.0. The maximum Gasteiger partial charge on any atom is 0.127 e. The third kappa shape index (κ3) is 4.04. The molecule has 2 unspecified atom stereocenters. The molecule has 1 aliphatic heterocycles. The first-order chi connectivity index (χ1) is 9.08. The lowest BCUT2D eigenvalue weighted by atomic mass is 10.1. The van der Waals surface area contributed by atoms with Crippen LogP contribution in [0.5, 0.6) is 5.75 Å². The van der Waals surface area contributed by atoms with Gasteiger partial charge in [0.2, 0.25) is 0 Å². The summed E-state index contributed by atoms with van der Waals surface area (Å²) in [6, 6.07) is 4.24. The lowest BCUT2D eigenvalue weighted by Gasteiger charge is -2.12. The maximum absolute atomic E-state index is 11.3. The highest BCUT2D eigenvalue weighted by Gasteiger charge is 2.17. The molecule has 0 bridgehead atoms. The van der Waals surface area contributed by atoms with Crippen molar-refractivity contribution in [3.05, 3.63) is 27.7 Å². The zero-order valence-corrected chi connectivity index (χ0v) is 13.8. The first-order valence-electron chi connectivity index (χ1n) is 6.55. The Morgan fingerprint density at radius 2 is 2.32 bits per heavy atom. The van der Waals surface area contributed by atoms with Crippen LogP contribution in [0.4, 0.5) is 0 Å². The number of hydrogen-bond acceptors (Lipinski definition) is 3. The molecule has 1 aliphatic rings.